The first-order valence-corrected chi connectivity index (χ1v) is 18.0. The maximum Gasteiger partial charge on any atom is 0.411 e. The SMILES string of the molecule is CC(=O)C1CCSC1.CC(=O)C1CSCN1C(=O)OC(C)(C)C.COc1ccc(C2CSCN2CCC(C)=O)c(CO)c1. The molecule has 0 saturated carbocycles. The van der Waals surface area contributed by atoms with Crippen molar-refractivity contribution in [2.24, 2.45) is 5.92 Å². The second-order valence-corrected chi connectivity index (χ2v) is 14.9. The number of thioether (sulfide) groups is 3. The van der Waals surface area contributed by atoms with Crippen LogP contribution in [0, 0.1) is 5.92 Å². The van der Waals surface area contributed by atoms with Crippen LogP contribution in [0.1, 0.15) is 71.6 Å². The number of nitrogens with zero attached hydrogens (tertiary/aromatic N) is 2. The van der Waals surface area contributed by atoms with Gasteiger partial charge in [0.1, 0.15) is 29.0 Å². The quantitative estimate of drug-likeness (QED) is 0.387. The van der Waals surface area contributed by atoms with Gasteiger partial charge in [0.2, 0.25) is 0 Å². The highest BCUT2D eigenvalue weighted by Gasteiger charge is 2.35. The van der Waals surface area contributed by atoms with Crippen LogP contribution in [-0.4, -0.2) is 98.4 Å². The minimum absolute atomic E-state index is 0.00818. The molecule has 3 aliphatic rings. The van der Waals surface area contributed by atoms with Gasteiger partial charge in [0.15, 0.2) is 5.78 Å². The topological polar surface area (TPSA) is 113 Å². The summed E-state index contributed by atoms with van der Waals surface area (Å²) in [6, 6.07) is 5.81. The van der Waals surface area contributed by atoms with Crippen molar-refractivity contribution < 1.29 is 33.8 Å². The molecule has 1 amide bonds. The van der Waals surface area contributed by atoms with Crippen LogP contribution in [-0.2, 0) is 25.7 Å². The minimum atomic E-state index is -0.508. The zero-order valence-electron chi connectivity index (χ0n) is 26.6. The van der Waals surface area contributed by atoms with E-state index in [1.165, 1.54) is 17.6 Å². The molecule has 3 unspecified atom stereocenters. The van der Waals surface area contributed by atoms with Crippen LogP contribution in [0.15, 0.2) is 18.2 Å². The van der Waals surface area contributed by atoms with Crippen molar-refractivity contribution in [2.45, 2.75) is 78.7 Å². The smallest absolute Gasteiger partial charge is 0.411 e. The van der Waals surface area contributed by atoms with E-state index in [9.17, 15) is 24.3 Å². The van der Waals surface area contributed by atoms with Gasteiger partial charge in [-0.1, -0.05) is 6.07 Å². The van der Waals surface area contributed by atoms with Gasteiger partial charge in [0, 0.05) is 48.1 Å². The Kier molecular flexibility index (Phi) is 15.9. The Morgan fingerprint density at radius 3 is 2.19 bits per heavy atom. The summed E-state index contributed by atoms with van der Waals surface area (Å²) in [4.78, 5) is 48.6. The standard InChI is InChI=1S/C15H21NO3S.C10H17NO3S.C6H10OS/c1-11(18)5-6-16-10-20-9-15(16)14-4-3-13(19-2)7-12(14)8-17;1-7(12)8-5-15-6-11(8)9(13)14-10(2,3)4;1-5(7)6-2-3-8-4-6/h3-4,7,15,17H,5-6,8-10H2,1-2H3;8H,5-6H2,1-4H3;6H,2-4H2,1H3. The van der Waals surface area contributed by atoms with E-state index in [0.29, 0.717) is 29.8 Å². The van der Waals surface area contributed by atoms with Gasteiger partial charge < -0.3 is 14.6 Å². The summed E-state index contributed by atoms with van der Waals surface area (Å²) in [5, 5.41) is 9.57. The van der Waals surface area contributed by atoms with Gasteiger partial charge in [0.25, 0.3) is 0 Å². The van der Waals surface area contributed by atoms with E-state index >= 15 is 0 Å². The monoisotopic (exact) mass is 656 g/mol. The Labute approximate surface area is 269 Å². The molecular weight excluding hydrogens is 609 g/mol. The van der Waals surface area contributed by atoms with Gasteiger partial charge >= 0.3 is 6.09 Å². The first-order valence-electron chi connectivity index (χ1n) is 14.5. The molecule has 3 fully saturated rings. The molecule has 3 atom stereocenters. The van der Waals surface area contributed by atoms with Crippen molar-refractivity contribution in [3.8, 4) is 5.75 Å². The summed E-state index contributed by atoms with van der Waals surface area (Å²) < 4.78 is 10.4. The molecule has 0 radical (unpaired) electrons. The Bertz CT molecular complexity index is 1090. The van der Waals surface area contributed by atoms with Crippen LogP contribution >= 0.6 is 35.3 Å². The van der Waals surface area contributed by atoms with Gasteiger partial charge in [-0.15, -0.1) is 23.5 Å². The number of ketones is 3. The third-order valence-corrected chi connectivity index (χ3v) is 10.3. The molecule has 1 aromatic rings. The predicted molar refractivity (Wildman–Crippen MR) is 177 cm³/mol. The fraction of sp³-hybridized carbons (Fsp3) is 0.677. The lowest BCUT2D eigenvalue weighted by atomic mass is 10.00. The van der Waals surface area contributed by atoms with E-state index in [4.69, 9.17) is 9.47 Å². The number of amides is 1. The van der Waals surface area contributed by atoms with E-state index in [1.807, 2.05) is 62.5 Å². The van der Waals surface area contributed by atoms with Crippen LogP contribution in [0.5, 0.6) is 5.75 Å². The number of carbonyl (C=O) groups is 4. The maximum absolute atomic E-state index is 11.7. The fourth-order valence-electron chi connectivity index (χ4n) is 4.59. The number of rotatable bonds is 8. The zero-order valence-corrected chi connectivity index (χ0v) is 29.0. The first-order chi connectivity index (χ1) is 20.3. The number of methoxy groups -OCH3 is 1. The first kappa shape index (κ1) is 37.5. The summed E-state index contributed by atoms with van der Waals surface area (Å²) in [6.45, 7) is 11.1. The van der Waals surface area contributed by atoms with E-state index in [-0.39, 0.29) is 30.3 Å². The molecule has 1 N–H and O–H groups in total. The molecule has 9 nitrogen and oxygen atoms in total. The van der Waals surface area contributed by atoms with E-state index in [0.717, 1.165) is 47.2 Å². The van der Waals surface area contributed by atoms with Crippen LogP contribution in [0.25, 0.3) is 0 Å². The highest BCUT2D eigenvalue weighted by atomic mass is 32.2. The van der Waals surface area contributed by atoms with Gasteiger partial charge in [-0.05, 0) is 77.0 Å². The van der Waals surface area contributed by atoms with Gasteiger partial charge in [-0.3, -0.25) is 24.2 Å². The summed E-state index contributed by atoms with van der Waals surface area (Å²) in [5.74, 6) is 7.16. The summed E-state index contributed by atoms with van der Waals surface area (Å²) in [5.41, 5.74) is 1.54. The average Bonchev–Trinajstić information content (AvgIpc) is 3.73. The van der Waals surface area contributed by atoms with Crippen molar-refractivity contribution >= 4 is 58.7 Å². The lowest BCUT2D eigenvalue weighted by Crippen LogP contribution is -2.43. The number of benzene rings is 1. The lowest BCUT2D eigenvalue weighted by Gasteiger charge is -2.26. The number of hydrogen-bond donors (Lipinski definition) is 1. The third-order valence-electron chi connectivity index (χ3n) is 7.09. The molecular formula is C31H48N2O7S3. The Morgan fingerprint density at radius 2 is 1.67 bits per heavy atom. The number of aliphatic hydroxyl groups is 1. The van der Waals surface area contributed by atoms with Crippen LogP contribution < -0.4 is 4.74 Å². The van der Waals surface area contributed by atoms with E-state index in [1.54, 1.807) is 32.7 Å². The minimum Gasteiger partial charge on any atom is -0.497 e. The Balaban J connectivity index is 0.000000246. The fourth-order valence-corrected chi connectivity index (χ4v) is 8.38. The highest BCUT2D eigenvalue weighted by molar-refractivity contribution is 7.99. The summed E-state index contributed by atoms with van der Waals surface area (Å²) in [6.07, 6.45) is 1.30. The maximum atomic E-state index is 11.7. The Hall–Kier alpha value is -1.73. The second kappa shape index (κ2) is 18.3. The lowest BCUT2D eigenvalue weighted by molar-refractivity contribution is -0.121. The largest absolute Gasteiger partial charge is 0.497 e. The molecule has 12 heteroatoms. The van der Waals surface area contributed by atoms with Crippen molar-refractivity contribution in [1.82, 2.24) is 9.80 Å². The van der Waals surface area contributed by atoms with Gasteiger partial charge in [0.05, 0.1) is 19.6 Å². The molecule has 4 rings (SSSR count). The number of carbonyl (C=O) groups excluding carboxylic acids is 4. The third kappa shape index (κ3) is 12.7. The van der Waals surface area contributed by atoms with Crippen molar-refractivity contribution in [1.29, 1.82) is 0 Å². The predicted octanol–water partition coefficient (Wildman–Crippen LogP) is 5.43. The average molecular weight is 657 g/mol. The van der Waals surface area contributed by atoms with Crippen molar-refractivity contribution in [3.63, 3.8) is 0 Å². The van der Waals surface area contributed by atoms with E-state index < -0.39 is 11.7 Å². The number of hydrogen-bond acceptors (Lipinski definition) is 11. The van der Waals surface area contributed by atoms with Crippen LogP contribution in [0.4, 0.5) is 4.79 Å². The zero-order chi connectivity index (χ0) is 32.2. The second-order valence-electron chi connectivity index (χ2n) is 11.8. The molecule has 1 aromatic carbocycles. The van der Waals surface area contributed by atoms with Crippen LogP contribution in [0.2, 0.25) is 0 Å². The molecule has 0 bridgehead atoms. The summed E-state index contributed by atoms with van der Waals surface area (Å²) in [7, 11) is 1.63. The molecule has 0 spiro atoms. The van der Waals surface area contributed by atoms with Gasteiger partial charge in [-0.25, -0.2) is 4.79 Å². The van der Waals surface area contributed by atoms with E-state index in [2.05, 4.69) is 4.90 Å². The molecule has 0 aliphatic carbocycles. The molecule has 0 aromatic heterocycles. The van der Waals surface area contributed by atoms with Crippen molar-refractivity contribution in [2.75, 3.05) is 48.4 Å². The van der Waals surface area contributed by atoms with Gasteiger partial charge in [-0.2, -0.15) is 11.8 Å². The van der Waals surface area contributed by atoms with Crippen LogP contribution in [0.3, 0.4) is 0 Å². The number of ether oxygens (including phenoxy) is 2. The molecule has 3 saturated heterocycles. The van der Waals surface area contributed by atoms with Crippen molar-refractivity contribution in [3.05, 3.63) is 29.3 Å². The molecule has 3 heterocycles. The Morgan fingerprint density at radius 1 is 0.977 bits per heavy atom. The molecule has 242 valence electrons. The number of Topliss-reactive ketones (excluding diaryl/α,β-unsaturated/α-hetero) is 3. The highest BCUT2D eigenvalue weighted by Crippen LogP contribution is 2.36. The normalized spacial score (nSPS) is 21.8. The molecule has 3 aliphatic heterocycles. The number of aliphatic hydroxyl groups excluding tert-OH is 1. The summed E-state index contributed by atoms with van der Waals surface area (Å²) >= 11 is 5.33. The molecule has 43 heavy (non-hydrogen) atoms.